The largest absolute Gasteiger partial charge is 0.329 e. The molecule has 0 aromatic carbocycles. The van der Waals surface area contributed by atoms with E-state index < -0.39 is 0 Å². The van der Waals surface area contributed by atoms with Gasteiger partial charge in [-0.25, -0.2) is 9.36 Å². The molecule has 1 unspecified atom stereocenters. The molecule has 0 bridgehead atoms. The number of hydrogen-bond donors (Lipinski definition) is 1. The first-order valence-corrected chi connectivity index (χ1v) is 4.76. The van der Waals surface area contributed by atoms with Gasteiger partial charge in [-0.2, -0.15) is 0 Å². The lowest BCUT2D eigenvalue weighted by molar-refractivity contribution is 0.574. The van der Waals surface area contributed by atoms with Crippen LogP contribution in [-0.4, -0.2) is 15.3 Å². The molecule has 1 aromatic heterocycles. The Bertz CT molecular complexity index is 363. The van der Waals surface area contributed by atoms with E-state index in [1.165, 1.54) is 16.8 Å². The lowest BCUT2D eigenvalue weighted by Gasteiger charge is -2.25. The van der Waals surface area contributed by atoms with Crippen molar-refractivity contribution >= 4 is 11.8 Å². The third-order valence-corrected chi connectivity index (χ3v) is 3.15. The second-order valence-corrected chi connectivity index (χ2v) is 3.89. The molecule has 1 saturated heterocycles. The van der Waals surface area contributed by atoms with Gasteiger partial charge in [0.1, 0.15) is 0 Å². The molecule has 1 N–H and O–H groups in total. The molecule has 1 aliphatic rings. The van der Waals surface area contributed by atoms with Crippen LogP contribution in [0.15, 0.2) is 21.9 Å². The summed E-state index contributed by atoms with van der Waals surface area (Å²) in [6.45, 7) is 0. The normalized spacial score (nSPS) is 21.8. The monoisotopic (exact) mass is 184 g/mol. The van der Waals surface area contributed by atoms with Gasteiger partial charge in [-0.1, -0.05) is 0 Å². The van der Waals surface area contributed by atoms with Gasteiger partial charge in [-0.15, -0.1) is 11.8 Å². The lowest BCUT2D eigenvalue weighted by atomic mass is 10.4. The SMILES string of the molecule is O=c1cc[nH]c(=O)n1C1CCS1. The molecule has 0 aliphatic carbocycles. The van der Waals surface area contributed by atoms with Crippen molar-refractivity contribution in [2.24, 2.45) is 0 Å². The van der Waals surface area contributed by atoms with E-state index in [-0.39, 0.29) is 16.6 Å². The summed E-state index contributed by atoms with van der Waals surface area (Å²) < 4.78 is 1.27. The number of thioether (sulfide) groups is 1. The fourth-order valence-corrected chi connectivity index (χ4v) is 1.93. The van der Waals surface area contributed by atoms with Crippen molar-refractivity contribution < 1.29 is 0 Å². The summed E-state index contributed by atoms with van der Waals surface area (Å²) in [5.74, 6) is 1.03. The van der Waals surface area contributed by atoms with E-state index in [0.29, 0.717) is 0 Å². The number of hydrogen-bond acceptors (Lipinski definition) is 3. The van der Waals surface area contributed by atoms with Crippen LogP contribution < -0.4 is 11.2 Å². The summed E-state index contributed by atoms with van der Waals surface area (Å²) in [6.07, 6.45) is 2.29. The Labute approximate surface area is 72.6 Å². The van der Waals surface area contributed by atoms with Crippen LogP contribution in [0.5, 0.6) is 0 Å². The number of rotatable bonds is 1. The van der Waals surface area contributed by atoms with Gasteiger partial charge in [0, 0.05) is 12.3 Å². The van der Waals surface area contributed by atoms with E-state index in [4.69, 9.17) is 0 Å². The molecular weight excluding hydrogens is 176 g/mol. The van der Waals surface area contributed by atoms with E-state index in [0.717, 1.165) is 12.2 Å². The van der Waals surface area contributed by atoms with E-state index in [1.807, 2.05) is 0 Å². The molecule has 1 aliphatic heterocycles. The van der Waals surface area contributed by atoms with Crippen LogP contribution in [0.25, 0.3) is 0 Å². The molecule has 2 heterocycles. The van der Waals surface area contributed by atoms with Gasteiger partial charge in [0.15, 0.2) is 0 Å². The van der Waals surface area contributed by atoms with Crippen LogP contribution in [0.2, 0.25) is 0 Å². The van der Waals surface area contributed by atoms with Crippen LogP contribution in [0.3, 0.4) is 0 Å². The van der Waals surface area contributed by atoms with Crippen molar-refractivity contribution in [3.8, 4) is 0 Å². The summed E-state index contributed by atoms with van der Waals surface area (Å²) in [6, 6.07) is 1.38. The standard InChI is InChI=1S/C7H8N2O2S/c10-5-1-3-8-7(11)9(5)6-2-4-12-6/h1,3,6H,2,4H2,(H,8,11). The molecule has 0 amide bonds. The number of nitrogens with zero attached hydrogens (tertiary/aromatic N) is 1. The van der Waals surface area contributed by atoms with E-state index in [1.54, 1.807) is 11.8 Å². The minimum atomic E-state index is -0.306. The highest BCUT2D eigenvalue weighted by molar-refractivity contribution is 8.00. The van der Waals surface area contributed by atoms with Crippen LogP contribution in [0, 0.1) is 0 Å². The van der Waals surface area contributed by atoms with Crippen molar-refractivity contribution in [1.82, 2.24) is 9.55 Å². The first kappa shape index (κ1) is 7.67. The highest BCUT2D eigenvalue weighted by Gasteiger charge is 2.22. The second-order valence-electron chi connectivity index (χ2n) is 2.61. The van der Waals surface area contributed by atoms with Gasteiger partial charge in [0.25, 0.3) is 5.56 Å². The molecule has 1 atom stereocenters. The molecule has 2 rings (SSSR count). The Kier molecular flexibility index (Phi) is 1.80. The molecule has 0 spiro atoms. The summed E-state index contributed by atoms with van der Waals surface area (Å²) in [4.78, 5) is 24.9. The Morgan fingerprint density at radius 2 is 2.33 bits per heavy atom. The molecule has 1 fully saturated rings. The Balaban J connectivity index is 2.54. The number of aromatic amines is 1. The van der Waals surface area contributed by atoms with E-state index in [2.05, 4.69) is 4.98 Å². The second kappa shape index (κ2) is 2.82. The van der Waals surface area contributed by atoms with Crippen LogP contribution in [0.4, 0.5) is 0 Å². The first-order chi connectivity index (χ1) is 5.79. The molecule has 4 nitrogen and oxygen atoms in total. The molecule has 12 heavy (non-hydrogen) atoms. The fraction of sp³-hybridized carbons (Fsp3) is 0.429. The third-order valence-electron chi connectivity index (χ3n) is 1.85. The third kappa shape index (κ3) is 1.10. The van der Waals surface area contributed by atoms with Gasteiger partial charge in [0.05, 0.1) is 5.37 Å². The molecule has 64 valence electrons. The fourth-order valence-electron chi connectivity index (χ4n) is 1.13. The van der Waals surface area contributed by atoms with Crippen molar-refractivity contribution in [3.05, 3.63) is 33.1 Å². The van der Waals surface area contributed by atoms with E-state index >= 15 is 0 Å². The maximum atomic E-state index is 11.2. The predicted molar refractivity (Wildman–Crippen MR) is 47.4 cm³/mol. The summed E-state index contributed by atoms with van der Waals surface area (Å²) in [7, 11) is 0. The predicted octanol–water partition coefficient (Wildman–Crippen LogP) is 0.172. The van der Waals surface area contributed by atoms with E-state index in [9.17, 15) is 9.59 Å². The van der Waals surface area contributed by atoms with Crippen molar-refractivity contribution in [2.75, 3.05) is 5.75 Å². The smallest absolute Gasteiger partial charge is 0.314 e. The average molecular weight is 184 g/mol. The Morgan fingerprint density at radius 1 is 1.58 bits per heavy atom. The molecule has 0 saturated carbocycles. The first-order valence-electron chi connectivity index (χ1n) is 3.71. The highest BCUT2D eigenvalue weighted by Crippen LogP contribution is 2.35. The highest BCUT2D eigenvalue weighted by atomic mass is 32.2. The molecule has 1 aromatic rings. The zero-order chi connectivity index (χ0) is 8.55. The maximum Gasteiger partial charge on any atom is 0.329 e. The van der Waals surface area contributed by atoms with Gasteiger partial charge in [-0.05, 0) is 12.2 Å². The molecule has 5 heteroatoms. The van der Waals surface area contributed by atoms with Crippen LogP contribution in [0.1, 0.15) is 11.8 Å². The molecule has 0 radical (unpaired) electrons. The Morgan fingerprint density at radius 3 is 2.83 bits per heavy atom. The van der Waals surface area contributed by atoms with Gasteiger partial charge < -0.3 is 4.98 Å². The summed E-state index contributed by atoms with van der Waals surface area (Å²) >= 11 is 1.63. The number of nitrogens with one attached hydrogen (secondary N) is 1. The lowest BCUT2D eigenvalue weighted by Crippen LogP contribution is -2.38. The van der Waals surface area contributed by atoms with Gasteiger partial charge in [-0.3, -0.25) is 4.79 Å². The van der Waals surface area contributed by atoms with Crippen molar-refractivity contribution in [3.63, 3.8) is 0 Å². The average Bonchev–Trinajstić information content (AvgIpc) is 1.93. The zero-order valence-corrected chi connectivity index (χ0v) is 7.13. The molecular formula is C7H8N2O2S. The van der Waals surface area contributed by atoms with Gasteiger partial charge in [0.2, 0.25) is 0 Å². The quantitative estimate of drug-likeness (QED) is 0.677. The van der Waals surface area contributed by atoms with Gasteiger partial charge >= 0.3 is 5.69 Å². The number of aromatic nitrogens is 2. The van der Waals surface area contributed by atoms with Crippen LogP contribution in [-0.2, 0) is 0 Å². The zero-order valence-electron chi connectivity index (χ0n) is 6.32. The number of H-pyrrole nitrogens is 1. The van der Waals surface area contributed by atoms with Crippen molar-refractivity contribution in [2.45, 2.75) is 11.8 Å². The summed E-state index contributed by atoms with van der Waals surface area (Å²) in [5.41, 5.74) is -0.518. The topological polar surface area (TPSA) is 54.9 Å². The summed E-state index contributed by atoms with van der Waals surface area (Å²) in [5, 5.41) is 0.0578. The minimum absolute atomic E-state index is 0.0578. The van der Waals surface area contributed by atoms with Crippen molar-refractivity contribution in [1.29, 1.82) is 0 Å². The maximum absolute atomic E-state index is 11.2. The van der Waals surface area contributed by atoms with Crippen LogP contribution >= 0.6 is 11.8 Å². The Hall–Kier alpha value is -0.970. The minimum Gasteiger partial charge on any atom is -0.314 e.